The summed E-state index contributed by atoms with van der Waals surface area (Å²) in [5.41, 5.74) is 10.0. The molecule has 2 heterocycles. The van der Waals surface area contributed by atoms with Gasteiger partial charge < -0.3 is 10.6 Å². The van der Waals surface area contributed by atoms with Crippen LogP contribution in [-0.2, 0) is 0 Å². The fourth-order valence-corrected chi connectivity index (χ4v) is 3.79. The number of rotatable bonds is 2. The summed E-state index contributed by atoms with van der Waals surface area (Å²) in [6.07, 6.45) is 1.97. The van der Waals surface area contributed by atoms with Crippen LogP contribution in [0.1, 0.15) is 34.5 Å². The lowest BCUT2D eigenvalue weighted by Crippen LogP contribution is -2.45. The number of hydrogen-bond acceptors (Lipinski definition) is 4. The van der Waals surface area contributed by atoms with Gasteiger partial charge in [0.15, 0.2) is 0 Å². The van der Waals surface area contributed by atoms with Crippen molar-refractivity contribution in [3.05, 3.63) is 40.4 Å². The van der Waals surface area contributed by atoms with Gasteiger partial charge in [-0.25, -0.2) is 4.98 Å². The molecule has 4 nitrogen and oxygen atoms in total. The van der Waals surface area contributed by atoms with Crippen LogP contribution < -0.4 is 5.73 Å². The number of aromatic nitrogens is 1. The van der Waals surface area contributed by atoms with Gasteiger partial charge in [0.2, 0.25) is 0 Å². The van der Waals surface area contributed by atoms with E-state index in [0.29, 0.717) is 12.2 Å². The minimum atomic E-state index is 0.00224. The summed E-state index contributed by atoms with van der Waals surface area (Å²) in [6, 6.07) is 6.39. The lowest BCUT2D eigenvalue weighted by molar-refractivity contribution is 0.0704. The van der Waals surface area contributed by atoms with Crippen LogP contribution in [0.3, 0.4) is 0 Å². The van der Waals surface area contributed by atoms with Crippen molar-refractivity contribution in [2.45, 2.75) is 32.7 Å². The molecule has 5 heteroatoms. The van der Waals surface area contributed by atoms with Gasteiger partial charge in [-0.1, -0.05) is 23.8 Å². The number of piperidine rings is 1. The molecule has 0 aliphatic carbocycles. The van der Waals surface area contributed by atoms with Gasteiger partial charge >= 0.3 is 0 Å². The maximum Gasteiger partial charge on any atom is 0.273 e. The molecule has 1 atom stereocenters. The van der Waals surface area contributed by atoms with E-state index in [-0.39, 0.29) is 11.9 Å². The highest BCUT2D eigenvalue weighted by Crippen LogP contribution is 2.28. The van der Waals surface area contributed by atoms with Crippen molar-refractivity contribution >= 4 is 17.2 Å². The Morgan fingerprint density at radius 2 is 2.23 bits per heavy atom. The predicted molar refractivity (Wildman–Crippen MR) is 90.1 cm³/mol. The highest BCUT2D eigenvalue weighted by atomic mass is 32.1. The zero-order valence-corrected chi connectivity index (χ0v) is 13.8. The van der Waals surface area contributed by atoms with E-state index >= 15 is 0 Å². The minimum absolute atomic E-state index is 0.00224. The normalized spacial score (nSPS) is 18.5. The first-order chi connectivity index (χ1) is 10.5. The number of likely N-dealkylation sites (tertiary alicyclic amines) is 1. The molecule has 1 aliphatic heterocycles. The van der Waals surface area contributed by atoms with Gasteiger partial charge in [-0.05, 0) is 32.3 Å². The SMILES string of the molecule is Cc1ccc(-c2nc(C(=O)N3CCC[C@@H](N)C3)cs2)c(C)c1. The predicted octanol–water partition coefficient (Wildman–Crippen LogP) is 2.99. The van der Waals surface area contributed by atoms with Crippen LogP contribution >= 0.6 is 11.3 Å². The van der Waals surface area contributed by atoms with Crippen molar-refractivity contribution < 1.29 is 4.79 Å². The smallest absolute Gasteiger partial charge is 0.273 e. The summed E-state index contributed by atoms with van der Waals surface area (Å²) in [6.45, 7) is 5.57. The van der Waals surface area contributed by atoms with E-state index in [0.717, 1.165) is 30.0 Å². The molecule has 1 fully saturated rings. The number of hydrogen-bond donors (Lipinski definition) is 1. The van der Waals surface area contributed by atoms with Crippen molar-refractivity contribution in [1.82, 2.24) is 9.88 Å². The molecule has 0 unspecified atom stereocenters. The van der Waals surface area contributed by atoms with Crippen molar-refractivity contribution in [2.75, 3.05) is 13.1 Å². The lowest BCUT2D eigenvalue weighted by Gasteiger charge is -2.30. The summed E-state index contributed by atoms with van der Waals surface area (Å²) in [5, 5.41) is 2.76. The molecule has 22 heavy (non-hydrogen) atoms. The van der Waals surface area contributed by atoms with Gasteiger partial charge in [0.25, 0.3) is 5.91 Å². The molecular weight excluding hydrogens is 294 g/mol. The highest BCUT2D eigenvalue weighted by Gasteiger charge is 2.24. The van der Waals surface area contributed by atoms with Crippen molar-refractivity contribution in [3.63, 3.8) is 0 Å². The van der Waals surface area contributed by atoms with Crippen LogP contribution in [0.15, 0.2) is 23.6 Å². The van der Waals surface area contributed by atoms with Crippen LogP contribution in [-0.4, -0.2) is 34.9 Å². The minimum Gasteiger partial charge on any atom is -0.336 e. The first-order valence-electron chi connectivity index (χ1n) is 7.62. The van der Waals surface area contributed by atoms with Crippen LogP contribution in [0.5, 0.6) is 0 Å². The average molecular weight is 315 g/mol. The first-order valence-corrected chi connectivity index (χ1v) is 8.50. The molecule has 116 valence electrons. The Morgan fingerprint density at radius 1 is 1.41 bits per heavy atom. The van der Waals surface area contributed by atoms with Gasteiger partial charge in [-0.2, -0.15) is 0 Å². The number of carbonyl (C=O) groups excluding carboxylic acids is 1. The maximum absolute atomic E-state index is 12.5. The van der Waals surface area contributed by atoms with Crippen molar-refractivity contribution in [2.24, 2.45) is 5.73 Å². The number of thiazole rings is 1. The van der Waals surface area contributed by atoms with Crippen molar-refractivity contribution in [3.8, 4) is 10.6 Å². The molecule has 2 aromatic rings. The summed E-state index contributed by atoms with van der Waals surface area (Å²) in [5.74, 6) is 0.00224. The second kappa shape index (κ2) is 6.18. The highest BCUT2D eigenvalue weighted by molar-refractivity contribution is 7.13. The van der Waals surface area contributed by atoms with Gasteiger partial charge in [-0.3, -0.25) is 4.79 Å². The Labute approximate surface area is 135 Å². The third kappa shape index (κ3) is 3.05. The van der Waals surface area contributed by atoms with Gasteiger partial charge in [-0.15, -0.1) is 11.3 Å². The molecule has 3 rings (SSSR count). The zero-order valence-electron chi connectivity index (χ0n) is 13.0. The quantitative estimate of drug-likeness (QED) is 0.927. The van der Waals surface area contributed by atoms with Crippen molar-refractivity contribution in [1.29, 1.82) is 0 Å². The zero-order chi connectivity index (χ0) is 15.7. The number of aryl methyl sites for hydroxylation is 2. The Kier molecular flexibility index (Phi) is 4.27. The fraction of sp³-hybridized carbons (Fsp3) is 0.412. The molecule has 1 aromatic heterocycles. The van der Waals surface area contributed by atoms with Gasteiger partial charge in [0, 0.05) is 30.1 Å². The van der Waals surface area contributed by atoms with E-state index in [1.54, 1.807) is 0 Å². The fourth-order valence-electron chi connectivity index (χ4n) is 2.91. The van der Waals surface area contributed by atoms with E-state index < -0.39 is 0 Å². The molecular formula is C17H21N3OS. The number of benzene rings is 1. The Hall–Kier alpha value is -1.72. The molecule has 2 N–H and O–H groups in total. The summed E-state index contributed by atoms with van der Waals surface area (Å²) in [4.78, 5) is 18.9. The average Bonchev–Trinajstić information content (AvgIpc) is 2.96. The van der Waals surface area contributed by atoms with Crippen LogP contribution in [0.25, 0.3) is 10.6 Å². The molecule has 1 aliphatic rings. The number of amides is 1. The summed E-state index contributed by atoms with van der Waals surface area (Å²) < 4.78 is 0. The number of nitrogens with zero attached hydrogens (tertiary/aromatic N) is 2. The first kappa shape index (κ1) is 15.2. The largest absolute Gasteiger partial charge is 0.336 e. The van der Waals surface area contributed by atoms with Gasteiger partial charge in [0.05, 0.1) is 0 Å². The van der Waals surface area contributed by atoms with Crippen LogP contribution in [0, 0.1) is 13.8 Å². The molecule has 0 radical (unpaired) electrons. The monoisotopic (exact) mass is 315 g/mol. The molecule has 1 saturated heterocycles. The Balaban J connectivity index is 1.82. The second-order valence-corrected chi connectivity index (χ2v) is 6.87. The number of nitrogens with two attached hydrogens (primary N) is 1. The Bertz CT molecular complexity index is 695. The maximum atomic E-state index is 12.5. The third-order valence-corrected chi connectivity index (χ3v) is 4.96. The van der Waals surface area contributed by atoms with E-state index in [2.05, 4.69) is 37.0 Å². The van der Waals surface area contributed by atoms with Gasteiger partial charge in [0.1, 0.15) is 10.7 Å². The second-order valence-electron chi connectivity index (χ2n) is 6.01. The molecule has 1 aromatic carbocycles. The molecule has 1 amide bonds. The Morgan fingerprint density at radius 3 is 2.95 bits per heavy atom. The van der Waals surface area contributed by atoms with Crippen LogP contribution in [0.2, 0.25) is 0 Å². The molecule has 0 bridgehead atoms. The summed E-state index contributed by atoms with van der Waals surface area (Å²) >= 11 is 1.53. The van der Waals surface area contributed by atoms with E-state index in [4.69, 9.17) is 5.73 Å². The van der Waals surface area contributed by atoms with E-state index in [1.807, 2.05) is 10.3 Å². The topological polar surface area (TPSA) is 59.2 Å². The van der Waals surface area contributed by atoms with E-state index in [9.17, 15) is 4.79 Å². The number of carbonyl (C=O) groups is 1. The van der Waals surface area contributed by atoms with E-state index in [1.165, 1.54) is 22.5 Å². The third-order valence-electron chi connectivity index (χ3n) is 4.08. The molecule has 0 spiro atoms. The molecule has 0 saturated carbocycles. The lowest BCUT2D eigenvalue weighted by atomic mass is 10.1. The summed E-state index contributed by atoms with van der Waals surface area (Å²) in [7, 11) is 0. The van der Waals surface area contributed by atoms with Crippen LogP contribution in [0.4, 0.5) is 0 Å². The standard InChI is InChI=1S/C17H21N3OS/c1-11-5-6-14(12(2)8-11)16-19-15(10-22-16)17(21)20-7-3-4-13(18)9-20/h5-6,8,10,13H,3-4,7,9,18H2,1-2H3/t13-/m1/s1.